The highest BCUT2D eigenvalue weighted by Gasteiger charge is 2.18. The summed E-state index contributed by atoms with van der Waals surface area (Å²) in [5.74, 6) is -0.285. The van der Waals surface area contributed by atoms with E-state index >= 15 is 0 Å². The number of carbonyl (C=O) groups is 2. The Labute approximate surface area is 160 Å². The lowest BCUT2D eigenvalue weighted by Crippen LogP contribution is -2.42. The van der Waals surface area contributed by atoms with Gasteiger partial charge in [-0.15, -0.1) is 0 Å². The lowest BCUT2D eigenvalue weighted by atomic mass is 10.3. The van der Waals surface area contributed by atoms with Crippen LogP contribution in [0.3, 0.4) is 0 Å². The van der Waals surface area contributed by atoms with Crippen LogP contribution in [-0.4, -0.2) is 97.8 Å². The second-order valence-electron chi connectivity index (χ2n) is 6.28. The van der Waals surface area contributed by atoms with Gasteiger partial charge in [0.1, 0.15) is 5.69 Å². The molecule has 27 heavy (non-hydrogen) atoms. The molecule has 0 bridgehead atoms. The highest BCUT2D eigenvalue weighted by Crippen LogP contribution is 2.03. The molecule has 150 valence electrons. The zero-order chi connectivity index (χ0) is 19.3. The van der Waals surface area contributed by atoms with Gasteiger partial charge in [-0.05, 0) is 6.42 Å². The number of morpholine rings is 1. The lowest BCUT2D eigenvalue weighted by molar-refractivity contribution is -0.121. The van der Waals surface area contributed by atoms with Crippen molar-refractivity contribution in [2.75, 3.05) is 66.2 Å². The maximum Gasteiger partial charge on any atom is 0.274 e. The predicted molar refractivity (Wildman–Crippen MR) is 99.3 cm³/mol. The SMILES string of the molecule is COCCCN(CCC(=O)NCCN1CCOCC1)C(=O)c1cnccn1. The number of carbonyl (C=O) groups excluding carboxylic acids is 2. The first-order chi connectivity index (χ1) is 13.2. The van der Waals surface area contributed by atoms with Gasteiger partial charge in [-0.25, -0.2) is 4.98 Å². The van der Waals surface area contributed by atoms with Gasteiger partial charge < -0.3 is 19.7 Å². The highest BCUT2D eigenvalue weighted by atomic mass is 16.5. The van der Waals surface area contributed by atoms with Gasteiger partial charge in [-0.1, -0.05) is 0 Å². The summed E-state index contributed by atoms with van der Waals surface area (Å²) in [5, 5.41) is 2.92. The van der Waals surface area contributed by atoms with Crippen molar-refractivity contribution >= 4 is 11.8 Å². The summed E-state index contributed by atoms with van der Waals surface area (Å²) in [5.41, 5.74) is 0.280. The summed E-state index contributed by atoms with van der Waals surface area (Å²) >= 11 is 0. The van der Waals surface area contributed by atoms with Crippen LogP contribution in [0.4, 0.5) is 0 Å². The van der Waals surface area contributed by atoms with E-state index in [9.17, 15) is 9.59 Å². The molecule has 0 saturated carbocycles. The van der Waals surface area contributed by atoms with E-state index in [0.29, 0.717) is 32.7 Å². The Morgan fingerprint density at radius 2 is 2.11 bits per heavy atom. The molecule has 1 saturated heterocycles. The van der Waals surface area contributed by atoms with Crippen LogP contribution >= 0.6 is 0 Å². The Balaban J connectivity index is 1.75. The fourth-order valence-corrected chi connectivity index (χ4v) is 2.79. The van der Waals surface area contributed by atoms with Crippen LogP contribution in [0.2, 0.25) is 0 Å². The van der Waals surface area contributed by atoms with Gasteiger partial charge in [-0.3, -0.25) is 19.5 Å². The molecule has 0 spiro atoms. The van der Waals surface area contributed by atoms with Crippen LogP contribution in [0.5, 0.6) is 0 Å². The third-order valence-electron chi connectivity index (χ3n) is 4.31. The third-order valence-corrected chi connectivity index (χ3v) is 4.31. The van der Waals surface area contributed by atoms with Crippen LogP contribution in [0, 0.1) is 0 Å². The molecule has 1 aromatic rings. The van der Waals surface area contributed by atoms with Crippen molar-refractivity contribution in [2.45, 2.75) is 12.8 Å². The lowest BCUT2D eigenvalue weighted by Gasteiger charge is -2.26. The molecular formula is C18H29N5O4. The molecule has 0 radical (unpaired) electrons. The first-order valence-corrected chi connectivity index (χ1v) is 9.31. The molecule has 0 unspecified atom stereocenters. The number of methoxy groups -OCH3 is 1. The van der Waals surface area contributed by atoms with Gasteiger partial charge in [-0.2, -0.15) is 0 Å². The molecule has 1 aliphatic heterocycles. The molecule has 1 fully saturated rings. The highest BCUT2D eigenvalue weighted by molar-refractivity contribution is 5.92. The standard InChI is InChI=1S/C18H29N5O4/c1-26-12-2-7-23(18(25)16-15-19-4-5-20-16)8-3-17(24)21-6-9-22-10-13-27-14-11-22/h4-5,15H,2-3,6-14H2,1H3,(H,21,24). The molecule has 0 atom stereocenters. The van der Waals surface area contributed by atoms with E-state index in [4.69, 9.17) is 9.47 Å². The maximum absolute atomic E-state index is 12.6. The smallest absolute Gasteiger partial charge is 0.274 e. The molecule has 1 aliphatic rings. The Kier molecular flexibility index (Phi) is 9.67. The first kappa shape index (κ1) is 21.2. The fourth-order valence-electron chi connectivity index (χ4n) is 2.79. The topological polar surface area (TPSA) is 96.9 Å². The second kappa shape index (κ2) is 12.3. The minimum atomic E-state index is -0.222. The van der Waals surface area contributed by atoms with E-state index in [1.807, 2.05) is 0 Å². The zero-order valence-corrected chi connectivity index (χ0v) is 15.9. The first-order valence-electron chi connectivity index (χ1n) is 9.31. The monoisotopic (exact) mass is 379 g/mol. The van der Waals surface area contributed by atoms with Gasteiger partial charge in [0, 0.05) is 71.8 Å². The minimum Gasteiger partial charge on any atom is -0.385 e. The summed E-state index contributed by atoms with van der Waals surface area (Å²) in [6, 6.07) is 0. The molecule has 9 heteroatoms. The number of amides is 2. The largest absolute Gasteiger partial charge is 0.385 e. The predicted octanol–water partition coefficient (Wildman–Crippen LogP) is -0.206. The van der Waals surface area contributed by atoms with Crippen molar-refractivity contribution in [1.82, 2.24) is 25.1 Å². The Morgan fingerprint density at radius 1 is 1.30 bits per heavy atom. The Hall–Kier alpha value is -2.10. The van der Waals surface area contributed by atoms with Gasteiger partial charge >= 0.3 is 0 Å². The molecule has 2 amide bonds. The zero-order valence-electron chi connectivity index (χ0n) is 15.9. The van der Waals surface area contributed by atoms with Crippen molar-refractivity contribution in [1.29, 1.82) is 0 Å². The number of nitrogens with one attached hydrogen (secondary N) is 1. The molecule has 1 N–H and O–H groups in total. The number of hydrogen-bond donors (Lipinski definition) is 1. The van der Waals surface area contributed by atoms with Gasteiger partial charge in [0.05, 0.1) is 19.4 Å². The average Bonchev–Trinajstić information content (AvgIpc) is 2.71. The average molecular weight is 379 g/mol. The maximum atomic E-state index is 12.6. The van der Waals surface area contributed by atoms with Crippen LogP contribution in [0.25, 0.3) is 0 Å². The van der Waals surface area contributed by atoms with Gasteiger partial charge in [0.15, 0.2) is 0 Å². The number of hydrogen-bond acceptors (Lipinski definition) is 7. The van der Waals surface area contributed by atoms with Crippen molar-refractivity contribution in [3.63, 3.8) is 0 Å². The van der Waals surface area contributed by atoms with Gasteiger partial charge in [0.25, 0.3) is 5.91 Å². The number of nitrogens with zero attached hydrogens (tertiary/aromatic N) is 4. The summed E-state index contributed by atoms with van der Waals surface area (Å²) in [6.07, 6.45) is 5.39. The molecule has 1 aromatic heterocycles. The second-order valence-corrected chi connectivity index (χ2v) is 6.28. The summed E-state index contributed by atoms with van der Waals surface area (Å²) in [4.78, 5) is 36.6. The van der Waals surface area contributed by atoms with E-state index in [2.05, 4.69) is 20.2 Å². The Morgan fingerprint density at radius 3 is 2.81 bits per heavy atom. The normalized spacial score (nSPS) is 14.7. The van der Waals surface area contributed by atoms with Crippen molar-refractivity contribution in [2.24, 2.45) is 0 Å². The summed E-state index contributed by atoms with van der Waals surface area (Å²) in [7, 11) is 1.62. The van der Waals surface area contributed by atoms with Crippen LogP contribution < -0.4 is 5.32 Å². The van der Waals surface area contributed by atoms with Crippen molar-refractivity contribution in [3.8, 4) is 0 Å². The quantitative estimate of drug-likeness (QED) is 0.532. The Bertz CT molecular complexity index is 566. The summed E-state index contributed by atoms with van der Waals surface area (Å²) < 4.78 is 10.4. The fraction of sp³-hybridized carbons (Fsp3) is 0.667. The van der Waals surface area contributed by atoms with E-state index in [-0.39, 0.29) is 23.9 Å². The molecule has 2 rings (SSSR count). The van der Waals surface area contributed by atoms with Crippen molar-refractivity contribution < 1.29 is 19.1 Å². The molecule has 9 nitrogen and oxygen atoms in total. The van der Waals surface area contributed by atoms with Gasteiger partial charge in [0.2, 0.25) is 5.91 Å². The number of ether oxygens (including phenoxy) is 2. The van der Waals surface area contributed by atoms with Crippen molar-refractivity contribution in [3.05, 3.63) is 24.3 Å². The third kappa shape index (κ3) is 7.98. The van der Waals surface area contributed by atoms with E-state index < -0.39 is 0 Å². The van der Waals surface area contributed by atoms with Crippen LogP contribution in [0.1, 0.15) is 23.3 Å². The van der Waals surface area contributed by atoms with E-state index in [0.717, 1.165) is 32.8 Å². The molecule has 2 heterocycles. The number of aromatic nitrogens is 2. The van der Waals surface area contributed by atoms with E-state index in [1.54, 1.807) is 12.0 Å². The molecule has 0 aromatic carbocycles. The molecule has 0 aliphatic carbocycles. The van der Waals surface area contributed by atoms with Crippen LogP contribution in [-0.2, 0) is 14.3 Å². The molecular weight excluding hydrogens is 350 g/mol. The van der Waals surface area contributed by atoms with E-state index in [1.165, 1.54) is 18.6 Å². The number of rotatable bonds is 11. The minimum absolute atomic E-state index is 0.0630. The van der Waals surface area contributed by atoms with Crippen LogP contribution in [0.15, 0.2) is 18.6 Å². The summed E-state index contributed by atoms with van der Waals surface area (Å²) in [6.45, 7) is 6.09.